The topological polar surface area (TPSA) is 109 Å². The van der Waals surface area contributed by atoms with Crippen LogP contribution in [0.1, 0.15) is 10.8 Å². The van der Waals surface area contributed by atoms with E-state index in [0.29, 0.717) is 12.2 Å². The first-order valence-corrected chi connectivity index (χ1v) is 12.1. The Bertz CT molecular complexity index is 1140. The molecular formula is C26H25ClN2O5S. The van der Waals surface area contributed by atoms with E-state index in [4.69, 9.17) is 26.6 Å². The quantitative estimate of drug-likeness (QED) is 0.302. The lowest BCUT2D eigenvalue weighted by Crippen LogP contribution is -2.41. The lowest BCUT2D eigenvalue weighted by molar-refractivity contribution is -0.134. The van der Waals surface area contributed by atoms with Gasteiger partial charge in [0.25, 0.3) is 0 Å². The Kier molecular flexibility index (Phi) is 10.3. The van der Waals surface area contributed by atoms with Crippen molar-refractivity contribution in [1.82, 2.24) is 10.3 Å². The number of rotatable bonds is 7. The van der Waals surface area contributed by atoms with Gasteiger partial charge in [-0.25, -0.2) is 14.6 Å². The van der Waals surface area contributed by atoms with E-state index in [1.54, 1.807) is 11.8 Å². The smallest absolute Gasteiger partial charge is 0.328 e. The molecule has 2 aromatic carbocycles. The van der Waals surface area contributed by atoms with Crippen LogP contribution in [0.2, 0.25) is 5.02 Å². The van der Waals surface area contributed by atoms with Gasteiger partial charge in [0.2, 0.25) is 0 Å². The third kappa shape index (κ3) is 8.22. The maximum Gasteiger partial charge on any atom is 0.328 e. The van der Waals surface area contributed by atoms with Gasteiger partial charge >= 0.3 is 11.9 Å². The third-order valence-corrected chi connectivity index (χ3v) is 6.67. The summed E-state index contributed by atoms with van der Waals surface area (Å²) in [6.45, 7) is 2.46. The highest BCUT2D eigenvalue weighted by Gasteiger charge is 2.28. The molecule has 0 amide bonds. The first kappa shape index (κ1) is 26.4. The highest BCUT2D eigenvalue weighted by Crippen LogP contribution is 2.43. The van der Waals surface area contributed by atoms with E-state index in [9.17, 15) is 9.59 Å². The van der Waals surface area contributed by atoms with E-state index >= 15 is 0 Å². The van der Waals surface area contributed by atoms with Crippen molar-refractivity contribution < 1.29 is 24.5 Å². The van der Waals surface area contributed by atoms with Crippen LogP contribution in [-0.4, -0.2) is 52.9 Å². The first-order chi connectivity index (χ1) is 17.0. The first-order valence-electron chi connectivity index (χ1n) is 10.8. The zero-order valence-electron chi connectivity index (χ0n) is 18.7. The second-order valence-electron chi connectivity index (χ2n) is 7.41. The molecule has 0 radical (unpaired) electrons. The summed E-state index contributed by atoms with van der Waals surface area (Å²) in [4.78, 5) is 23.8. The fraction of sp³-hybridized carbons (Fsp3) is 0.192. The van der Waals surface area contributed by atoms with Crippen molar-refractivity contribution in [2.24, 2.45) is 0 Å². The minimum absolute atomic E-state index is 0.0900. The fourth-order valence-corrected chi connectivity index (χ4v) is 4.94. The molecule has 0 spiro atoms. The largest absolute Gasteiger partial charge is 0.478 e. The Morgan fingerprint density at radius 1 is 1.00 bits per heavy atom. The van der Waals surface area contributed by atoms with Crippen molar-refractivity contribution in [3.05, 3.63) is 95.7 Å². The molecule has 182 valence electrons. The zero-order valence-corrected chi connectivity index (χ0v) is 20.3. The number of thioether (sulfide) groups is 1. The number of aliphatic carboxylic acids is 2. The fourth-order valence-electron chi connectivity index (χ4n) is 3.41. The van der Waals surface area contributed by atoms with Crippen molar-refractivity contribution in [2.45, 2.75) is 16.4 Å². The summed E-state index contributed by atoms with van der Waals surface area (Å²) in [6, 6.07) is 22.5. The molecule has 1 aromatic heterocycles. The molecule has 35 heavy (non-hydrogen) atoms. The number of hydrogen-bond acceptors (Lipinski definition) is 6. The molecule has 3 N–H and O–H groups in total. The van der Waals surface area contributed by atoms with Crippen LogP contribution in [0.4, 0.5) is 0 Å². The van der Waals surface area contributed by atoms with E-state index in [-0.39, 0.29) is 11.4 Å². The Morgan fingerprint density at radius 3 is 2.29 bits per heavy atom. The lowest BCUT2D eigenvalue weighted by Gasteiger charge is -2.31. The summed E-state index contributed by atoms with van der Waals surface area (Å²) < 4.78 is 6.10. The minimum Gasteiger partial charge on any atom is -0.478 e. The van der Waals surface area contributed by atoms with Crippen molar-refractivity contribution in [2.75, 3.05) is 19.7 Å². The van der Waals surface area contributed by atoms with Gasteiger partial charge in [0.1, 0.15) is 5.03 Å². The minimum atomic E-state index is -1.26. The second kappa shape index (κ2) is 13.7. The van der Waals surface area contributed by atoms with Crippen molar-refractivity contribution in [3.8, 4) is 11.1 Å². The number of hydrogen-bond donors (Lipinski definition) is 3. The molecule has 0 saturated carbocycles. The molecule has 0 aliphatic carbocycles. The molecule has 1 unspecified atom stereocenters. The van der Waals surface area contributed by atoms with Crippen LogP contribution in [0.3, 0.4) is 0 Å². The van der Waals surface area contributed by atoms with Crippen LogP contribution in [0.25, 0.3) is 11.1 Å². The van der Waals surface area contributed by atoms with E-state index < -0.39 is 11.9 Å². The van der Waals surface area contributed by atoms with Crippen molar-refractivity contribution in [3.63, 3.8) is 0 Å². The van der Waals surface area contributed by atoms with Crippen LogP contribution in [-0.2, 0) is 14.3 Å². The highest BCUT2D eigenvalue weighted by atomic mass is 35.5. The number of ether oxygens (including phenoxy) is 1. The average Bonchev–Trinajstić information content (AvgIpc) is 2.88. The van der Waals surface area contributed by atoms with Crippen LogP contribution < -0.4 is 5.32 Å². The van der Waals surface area contributed by atoms with E-state index in [2.05, 4.69) is 40.6 Å². The number of carboxylic acids is 2. The molecule has 4 rings (SSSR count). The highest BCUT2D eigenvalue weighted by molar-refractivity contribution is 7.99. The maximum atomic E-state index is 9.55. The molecule has 7 nitrogen and oxygen atoms in total. The molecule has 1 aliphatic heterocycles. The molecule has 9 heteroatoms. The maximum absolute atomic E-state index is 9.55. The molecule has 0 bridgehead atoms. The number of pyridine rings is 1. The van der Waals surface area contributed by atoms with E-state index in [0.717, 1.165) is 40.9 Å². The standard InChI is InChI=1S/C22H21ClN2OS.C4H4O4/c23-19-11-5-4-9-17(19)18-10-6-12-25-22(18)27-21(16-7-2-1-3-8-16)20-15-24-13-14-26-20;5-3(6)1-2-4(7)8/h1-12,20-21,24H,13-15H2;1-2H,(H,5,6)(H,7,8)/t20-,21?;/m0./s1. The number of benzene rings is 2. The normalized spacial score (nSPS) is 16.2. The number of nitrogens with zero attached hydrogens (tertiary/aromatic N) is 1. The predicted octanol–water partition coefficient (Wildman–Crippen LogP) is 4.94. The van der Waals surface area contributed by atoms with Gasteiger partial charge in [-0.15, -0.1) is 0 Å². The van der Waals surface area contributed by atoms with Gasteiger partial charge in [-0.1, -0.05) is 78.0 Å². The summed E-state index contributed by atoms with van der Waals surface area (Å²) in [6.07, 6.45) is 3.04. The van der Waals surface area contributed by atoms with Crippen LogP contribution >= 0.6 is 23.4 Å². The Hall–Kier alpha value is -3.17. The summed E-state index contributed by atoms with van der Waals surface area (Å²) in [5, 5.41) is 20.9. The van der Waals surface area contributed by atoms with E-state index in [1.165, 1.54) is 5.56 Å². The predicted molar refractivity (Wildman–Crippen MR) is 137 cm³/mol. The Balaban J connectivity index is 0.000000371. The number of aromatic nitrogens is 1. The SMILES string of the molecule is Clc1ccccc1-c1cccnc1SC(c1ccccc1)[C@@H]1CNCCO1.O=C(O)C=CC(=O)O. The van der Waals surface area contributed by atoms with Crippen molar-refractivity contribution >= 4 is 35.3 Å². The Morgan fingerprint density at radius 2 is 1.66 bits per heavy atom. The van der Waals surface area contributed by atoms with Gasteiger partial charge in [0, 0.05) is 47.6 Å². The molecule has 3 aromatic rings. The van der Waals surface area contributed by atoms with Gasteiger partial charge in [-0.3, -0.25) is 0 Å². The molecular weight excluding hydrogens is 488 g/mol. The van der Waals surface area contributed by atoms with Gasteiger partial charge in [0.05, 0.1) is 18.0 Å². The van der Waals surface area contributed by atoms with Gasteiger partial charge in [-0.05, 0) is 17.7 Å². The van der Waals surface area contributed by atoms with Crippen LogP contribution in [0, 0.1) is 0 Å². The number of nitrogens with one attached hydrogen (secondary N) is 1. The number of carbonyl (C=O) groups is 2. The molecule has 1 saturated heterocycles. The van der Waals surface area contributed by atoms with Crippen molar-refractivity contribution in [1.29, 1.82) is 0 Å². The number of carboxylic acid groups (broad SMARTS) is 2. The second-order valence-corrected chi connectivity index (χ2v) is 8.95. The van der Waals surface area contributed by atoms with E-state index in [1.807, 2.05) is 42.6 Å². The number of morpholine rings is 1. The molecule has 1 fully saturated rings. The molecule has 2 heterocycles. The zero-order chi connectivity index (χ0) is 25.0. The monoisotopic (exact) mass is 512 g/mol. The summed E-state index contributed by atoms with van der Waals surface area (Å²) in [5.41, 5.74) is 3.30. The van der Waals surface area contributed by atoms with Gasteiger partial charge < -0.3 is 20.3 Å². The van der Waals surface area contributed by atoms with Crippen LogP contribution in [0.5, 0.6) is 0 Å². The molecule has 1 aliphatic rings. The van der Waals surface area contributed by atoms with Gasteiger partial charge in [0.15, 0.2) is 0 Å². The summed E-state index contributed by atoms with van der Waals surface area (Å²) >= 11 is 8.20. The lowest BCUT2D eigenvalue weighted by atomic mass is 10.1. The van der Waals surface area contributed by atoms with Gasteiger partial charge in [-0.2, -0.15) is 0 Å². The third-order valence-electron chi connectivity index (χ3n) is 4.96. The van der Waals surface area contributed by atoms with Crippen LogP contribution in [0.15, 0.2) is 90.1 Å². The summed E-state index contributed by atoms with van der Waals surface area (Å²) in [7, 11) is 0. The summed E-state index contributed by atoms with van der Waals surface area (Å²) in [5.74, 6) is -2.51. The molecule has 2 atom stereocenters. The number of halogens is 1. The average molecular weight is 513 g/mol. The Labute approximate surface area is 212 Å².